The van der Waals surface area contributed by atoms with Crippen LogP contribution < -0.4 is 0 Å². The van der Waals surface area contributed by atoms with Crippen LogP contribution in [0.15, 0.2) is 60.0 Å². The third kappa shape index (κ3) is 3.17. The van der Waals surface area contributed by atoms with E-state index in [1.165, 1.54) is 6.20 Å². The van der Waals surface area contributed by atoms with Gasteiger partial charge in [-0.3, -0.25) is 0 Å². The van der Waals surface area contributed by atoms with E-state index in [4.69, 9.17) is 0 Å². The van der Waals surface area contributed by atoms with Crippen molar-refractivity contribution >= 4 is 26.8 Å². The number of fused-ring (bicyclic) bond motifs is 2. The second kappa shape index (κ2) is 6.98. The van der Waals surface area contributed by atoms with E-state index in [0.29, 0.717) is 16.6 Å². The molecule has 0 amide bonds. The molecule has 8 nitrogen and oxygen atoms in total. The van der Waals surface area contributed by atoms with E-state index in [-0.39, 0.29) is 16.8 Å². The van der Waals surface area contributed by atoms with Gasteiger partial charge in [-0.1, -0.05) is 36.4 Å². The fourth-order valence-electron chi connectivity index (χ4n) is 4.27. The SMILES string of the molecule is CS(=O)(=O)c1ncc2cnn(C3CCc4c(-c5ccccc5C(=O)O)cccc43)c2n1. The molecule has 0 spiro atoms. The summed E-state index contributed by atoms with van der Waals surface area (Å²) >= 11 is 0. The Morgan fingerprint density at radius 1 is 1.10 bits per heavy atom. The lowest BCUT2D eigenvalue weighted by atomic mass is 9.93. The second-order valence-electron chi connectivity index (χ2n) is 7.57. The molecular formula is C22H18N4O4S. The Hall–Kier alpha value is -3.59. The van der Waals surface area contributed by atoms with Crippen LogP contribution in [0, 0.1) is 0 Å². The Morgan fingerprint density at radius 3 is 2.65 bits per heavy atom. The van der Waals surface area contributed by atoms with E-state index >= 15 is 0 Å². The second-order valence-corrected chi connectivity index (χ2v) is 9.48. The number of nitrogens with zero attached hydrogens (tertiary/aromatic N) is 4. The third-order valence-corrected chi connectivity index (χ3v) is 6.49. The largest absolute Gasteiger partial charge is 0.478 e. The quantitative estimate of drug-likeness (QED) is 0.491. The molecule has 2 aromatic carbocycles. The van der Waals surface area contributed by atoms with E-state index < -0.39 is 15.8 Å². The van der Waals surface area contributed by atoms with Gasteiger partial charge in [0.2, 0.25) is 15.0 Å². The lowest BCUT2D eigenvalue weighted by Crippen LogP contribution is -2.11. The lowest BCUT2D eigenvalue weighted by Gasteiger charge is -2.15. The van der Waals surface area contributed by atoms with Crippen molar-refractivity contribution in [3.63, 3.8) is 0 Å². The lowest BCUT2D eigenvalue weighted by molar-refractivity contribution is 0.0697. The van der Waals surface area contributed by atoms with Crippen LogP contribution in [0.5, 0.6) is 0 Å². The van der Waals surface area contributed by atoms with Crippen LogP contribution in [0.4, 0.5) is 0 Å². The normalized spacial score (nSPS) is 15.8. The smallest absolute Gasteiger partial charge is 0.336 e. The van der Waals surface area contributed by atoms with Gasteiger partial charge in [-0.05, 0) is 41.2 Å². The van der Waals surface area contributed by atoms with E-state index in [0.717, 1.165) is 35.8 Å². The summed E-state index contributed by atoms with van der Waals surface area (Å²) in [4.78, 5) is 19.9. The van der Waals surface area contributed by atoms with E-state index in [9.17, 15) is 18.3 Å². The molecular weight excluding hydrogens is 416 g/mol. The van der Waals surface area contributed by atoms with Gasteiger partial charge < -0.3 is 5.11 Å². The van der Waals surface area contributed by atoms with Crippen molar-refractivity contribution in [2.75, 3.05) is 6.26 Å². The van der Waals surface area contributed by atoms with Crippen molar-refractivity contribution in [3.05, 3.63) is 71.5 Å². The van der Waals surface area contributed by atoms with E-state index in [2.05, 4.69) is 15.1 Å². The van der Waals surface area contributed by atoms with Gasteiger partial charge >= 0.3 is 5.97 Å². The summed E-state index contributed by atoms with van der Waals surface area (Å²) in [5.74, 6) is -0.967. The summed E-state index contributed by atoms with van der Waals surface area (Å²) in [6.07, 6.45) is 5.67. The molecule has 4 aromatic rings. The molecule has 5 rings (SSSR count). The summed E-state index contributed by atoms with van der Waals surface area (Å²) in [5, 5.41) is 14.5. The van der Waals surface area contributed by atoms with Crippen molar-refractivity contribution in [1.29, 1.82) is 0 Å². The Morgan fingerprint density at radius 2 is 1.87 bits per heavy atom. The fourth-order valence-corrected chi connectivity index (χ4v) is 4.77. The molecule has 0 saturated heterocycles. The topological polar surface area (TPSA) is 115 Å². The first-order valence-corrected chi connectivity index (χ1v) is 11.6. The predicted octanol–water partition coefficient (Wildman–Crippen LogP) is 3.13. The van der Waals surface area contributed by atoms with Gasteiger partial charge in [0, 0.05) is 12.5 Å². The molecule has 0 saturated carbocycles. The zero-order valence-electron chi connectivity index (χ0n) is 16.6. The Bertz CT molecular complexity index is 1460. The van der Waals surface area contributed by atoms with Crippen molar-refractivity contribution in [1.82, 2.24) is 19.7 Å². The maximum Gasteiger partial charge on any atom is 0.336 e. The average molecular weight is 434 g/mol. The molecule has 1 aliphatic carbocycles. The minimum atomic E-state index is -3.55. The van der Waals surface area contributed by atoms with Gasteiger partial charge in [-0.2, -0.15) is 10.1 Å². The standard InChI is InChI=1S/C22H18N4O4S/c1-31(29,30)22-23-11-13-12-24-26(20(13)25-22)19-10-9-16-14(7-4-8-17(16)19)15-5-2-3-6-18(15)21(27)28/h2-8,11-12,19H,9-10H2,1H3,(H,27,28). The highest BCUT2D eigenvalue weighted by atomic mass is 32.2. The number of benzene rings is 2. The first-order valence-electron chi connectivity index (χ1n) is 9.69. The number of rotatable bonds is 4. The highest BCUT2D eigenvalue weighted by molar-refractivity contribution is 7.90. The van der Waals surface area contributed by atoms with Gasteiger partial charge in [0.25, 0.3) is 0 Å². The van der Waals surface area contributed by atoms with Crippen LogP contribution >= 0.6 is 0 Å². The van der Waals surface area contributed by atoms with Gasteiger partial charge in [-0.25, -0.2) is 22.9 Å². The summed E-state index contributed by atoms with van der Waals surface area (Å²) < 4.78 is 25.6. The highest BCUT2D eigenvalue weighted by Crippen LogP contribution is 2.41. The number of hydrogen-bond acceptors (Lipinski definition) is 6. The Balaban J connectivity index is 1.65. The molecule has 0 radical (unpaired) electrons. The van der Waals surface area contributed by atoms with Gasteiger partial charge in [-0.15, -0.1) is 0 Å². The first-order chi connectivity index (χ1) is 14.8. The van der Waals surface area contributed by atoms with Crippen molar-refractivity contribution in [3.8, 4) is 11.1 Å². The predicted molar refractivity (Wildman–Crippen MR) is 114 cm³/mol. The van der Waals surface area contributed by atoms with Crippen molar-refractivity contribution in [2.45, 2.75) is 24.0 Å². The molecule has 0 bridgehead atoms. The molecule has 1 unspecified atom stereocenters. The maximum absolute atomic E-state index is 11.9. The molecule has 0 fully saturated rings. The van der Waals surface area contributed by atoms with Crippen molar-refractivity contribution < 1.29 is 18.3 Å². The molecule has 1 N–H and O–H groups in total. The Labute approximate surface area is 178 Å². The fraction of sp³-hybridized carbons (Fsp3) is 0.182. The number of sulfone groups is 1. The van der Waals surface area contributed by atoms with Crippen LogP contribution in [0.25, 0.3) is 22.2 Å². The van der Waals surface area contributed by atoms with E-state index in [1.807, 2.05) is 30.3 Å². The van der Waals surface area contributed by atoms with Crippen LogP contribution in [0.3, 0.4) is 0 Å². The van der Waals surface area contributed by atoms with Gasteiger partial charge in [0.15, 0.2) is 5.65 Å². The summed E-state index contributed by atoms with van der Waals surface area (Å²) in [6.45, 7) is 0. The van der Waals surface area contributed by atoms with Crippen LogP contribution in [-0.4, -0.2) is 45.5 Å². The molecule has 1 atom stereocenters. The highest BCUT2D eigenvalue weighted by Gasteiger charge is 2.29. The number of aromatic nitrogens is 4. The maximum atomic E-state index is 11.9. The number of hydrogen-bond donors (Lipinski definition) is 1. The minimum absolute atomic E-state index is 0.133. The zero-order chi connectivity index (χ0) is 21.8. The summed E-state index contributed by atoms with van der Waals surface area (Å²) in [7, 11) is -3.55. The molecule has 2 heterocycles. The van der Waals surface area contributed by atoms with Crippen LogP contribution in [0.1, 0.15) is 33.9 Å². The summed E-state index contributed by atoms with van der Waals surface area (Å²) in [5.41, 5.74) is 4.39. The third-order valence-electron chi connectivity index (χ3n) is 5.63. The molecule has 1 aliphatic rings. The number of aromatic carboxylic acids is 1. The molecule has 2 aromatic heterocycles. The molecule has 31 heavy (non-hydrogen) atoms. The summed E-state index contributed by atoms with van der Waals surface area (Å²) in [6, 6.07) is 12.7. The van der Waals surface area contributed by atoms with Crippen molar-refractivity contribution in [2.24, 2.45) is 0 Å². The van der Waals surface area contributed by atoms with Gasteiger partial charge in [0.1, 0.15) is 0 Å². The first kappa shape index (κ1) is 19.4. The molecule has 0 aliphatic heterocycles. The monoisotopic (exact) mass is 434 g/mol. The zero-order valence-corrected chi connectivity index (χ0v) is 17.4. The number of carboxylic acid groups (broad SMARTS) is 1. The molecule has 156 valence electrons. The number of carboxylic acids is 1. The van der Waals surface area contributed by atoms with Crippen LogP contribution in [-0.2, 0) is 16.3 Å². The minimum Gasteiger partial charge on any atom is -0.478 e. The molecule has 9 heteroatoms. The number of carbonyl (C=O) groups is 1. The Kier molecular flexibility index (Phi) is 4.37. The van der Waals surface area contributed by atoms with E-state index in [1.54, 1.807) is 23.0 Å². The average Bonchev–Trinajstić information content (AvgIpc) is 3.36. The van der Waals surface area contributed by atoms with Gasteiger partial charge in [0.05, 0.1) is 23.2 Å². The van der Waals surface area contributed by atoms with Crippen LogP contribution in [0.2, 0.25) is 0 Å².